The van der Waals surface area contributed by atoms with Crippen molar-refractivity contribution in [2.75, 3.05) is 0 Å². The first-order valence-electron chi connectivity index (χ1n) is 29.7. The zero-order chi connectivity index (χ0) is 56.1. The molecule has 0 amide bonds. The van der Waals surface area contributed by atoms with Crippen molar-refractivity contribution in [3.05, 3.63) is 144 Å². The van der Waals surface area contributed by atoms with E-state index in [1.807, 2.05) is 18.3 Å². The molecule has 1 fully saturated rings. The van der Waals surface area contributed by atoms with Crippen molar-refractivity contribution in [2.45, 2.75) is 206 Å². The molecule has 0 radical (unpaired) electrons. The molecule has 0 spiro atoms. The summed E-state index contributed by atoms with van der Waals surface area (Å²) in [5.41, 5.74) is 16.9. The maximum atomic E-state index is 4.14. The van der Waals surface area contributed by atoms with Crippen molar-refractivity contribution in [1.29, 1.82) is 0 Å². The third kappa shape index (κ3) is 12.7. The highest BCUT2D eigenvalue weighted by Crippen LogP contribution is 2.49. The minimum atomic E-state index is -1.75. The summed E-state index contributed by atoms with van der Waals surface area (Å²) in [6.07, 6.45) is 33.0. The summed E-state index contributed by atoms with van der Waals surface area (Å²) in [6.45, 7) is 29.5. The van der Waals surface area contributed by atoms with Crippen LogP contribution in [0.5, 0.6) is 0 Å². The Hall–Kier alpha value is -3.20. The zero-order valence-electron chi connectivity index (χ0n) is 49.0. The number of nitrogens with one attached hydrogen (secondary N) is 2. The number of rotatable bonds is 11. The summed E-state index contributed by atoms with van der Waals surface area (Å²) < 4.78 is 10.2. The van der Waals surface area contributed by atoms with E-state index in [4.69, 9.17) is 0 Å². The molecule has 3 aromatic carbocycles. The lowest BCUT2D eigenvalue weighted by Crippen LogP contribution is -2.51. The lowest BCUT2D eigenvalue weighted by Gasteiger charge is -2.44. The Labute approximate surface area is 504 Å². The van der Waals surface area contributed by atoms with Gasteiger partial charge in [0.25, 0.3) is 0 Å². The van der Waals surface area contributed by atoms with Crippen LogP contribution in [0.4, 0.5) is 0 Å². The molecule has 0 unspecified atom stereocenters. The van der Waals surface area contributed by atoms with E-state index in [-0.39, 0.29) is 0 Å². The van der Waals surface area contributed by atoms with Gasteiger partial charge < -0.3 is 18.4 Å². The number of H-pyrrole nitrogens is 2. The number of benzene rings is 3. The standard InChI is InChI=1S/C23H36BrNSi.C23H34BrNSi.C14H14BrN.C7H5BrN2/c2*1-16(2)26(17(3)4,18(5)6)25-15-22(19-10-8-7-9-11-19)21-14-20(24)12-13-23(21)25;15-11-6-7-14-12(8-11)13(9-16-14)10-4-2-1-3-5-10;8-6-3-5-1-2-9-7(5)10-4-6/h12-19H,7-11H2,1-6H3;10,12-18H,7-9,11H2,1-6H3;4,6-9,16H,1-3,5H2;1-4H,(H,9,10). The minimum absolute atomic E-state index is 0.704. The van der Waals surface area contributed by atoms with E-state index in [0.29, 0.717) is 16.6 Å². The topological polar surface area (TPSA) is 54.3 Å². The fourth-order valence-electron chi connectivity index (χ4n) is 15.2. The molecular weight excluding hydrogens is 1250 g/mol. The van der Waals surface area contributed by atoms with Gasteiger partial charge in [-0.25, -0.2) is 4.98 Å². The molecular formula is C67H89Br4N5Si2. The van der Waals surface area contributed by atoms with Gasteiger partial charge in [0.15, 0.2) is 16.5 Å². The number of aromatic nitrogens is 5. The average Bonchev–Trinajstić information content (AvgIpc) is 4.27. The van der Waals surface area contributed by atoms with Crippen LogP contribution in [0.2, 0.25) is 33.2 Å². The first-order chi connectivity index (χ1) is 37.3. The number of aromatic amines is 2. The fraction of sp³-hybridized carbons (Fsp3) is 0.478. The highest BCUT2D eigenvalue weighted by molar-refractivity contribution is 9.11. The van der Waals surface area contributed by atoms with E-state index in [1.54, 1.807) is 17.3 Å². The molecule has 0 aliphatic heterocycles. The Bertz CT molecular complexity index is 3300. The van der Waals surface area contributed by atoms with Crippen LogP contribution in [0.3, 0.4) is 0 Å². The van der Waals surface area contributed by atoms with E-state index < -0.39 is 16.5 Å². The number of hydrogen-bond donors (Lipinski definition) is 2. The Balaban J connectivity index is 0.000000144. The van der Waals surface area contributed by atoms with Gasteiger partial charge in [0.2, 0.25) is 0 Å². The van der Waals surface area contributed by atoms with E-state index in [0.717, 1.165) is 42.5 Å². The summed E-state index contributed by atoms with van der Waals surface area (Å²) in [4.78, 5) is 10.5. The normalized spacial score (nSPS) is 15.8. The zero-order valence-corrected chi connectivity index (χ0v) is 57.3. The predicted molar refractivity (Wildman–Crippen MR) is 361 cm³/mol. The number of nitrogens with zero attached hydrogens (tertiary/aromatic N) is 3. The Morgan fingerprint density at radius 1 is 0.500 bits per heavy atom. The number of fused-ring (bicyclic) bond motifs is 4. The van der Waals surface area contributed by atoms with Crippen LogP contribution in [0.15, 0.2) is 128 Å². The highest BCUT2D eigenvalue weighted by atomic mass is 79.9. The summed E-state index contributed by atoms with van der Waals surface area (Å²) >= 11 is 14.3. The molecule has 5 nitrogen and oxygen atoms in total. The van der Waals surface area contributed by atoms with Crippen LogP contribution in [0, 0.1) is 0 Å². The Morgan fingerprint density at radius 3 is 1.54 bits per heavy atom. The van der Waals surface area contributed by atoms with Crippen molar-refractivity contribution >= 4 is 135 Å². The molecule has 0 bridgehead atoms. The van der Waals surface area contributed by atoms with Gasteiger partial charge in [-0.2, -0.15) is 0 Å². The average molecular weight is 1340 g/mol. The van der Waals surface area contributed by atoms with Crippen LogP contribution in [-0.4, -0.2) is 39.9 Å². The molecule has 11 rings (SSSR count). The molecule has 418 valence electrons. The molecule has 1 saturated carbocycles. The van der Waals surface area contributed by atoms with Crippen molar-refractivity contribution in [2.24, 2.45) is 0 Å². The summed E-state index contributed by atoms with van der Waals surface area (Å²) in [7, 11) is -3.48. The van der Waals surface area contributed by atoms with Gasteiger partial charge in [0.05, 0.1) is 0 Å². The van der Waals surface area contributed by atoms with Crippen molar-refractivity contribution in [1.82, 2.24) is 23.4 Å². The third-order valence-electron chi connectivity index (χ3n) is 18.3. The first kappa shape index (κ1) is 60.9. The minimum Gasteiger partial charge on any atom is -0.373 e. The van der Waals surface area contributed by atoms with E-state index in [1.165, 1.54) is 142 Å². The predicted octanol–water partition coefficient (Wildman–Crippen LogP) is 24.1. The van der Waals surface area contributed by atoms with Crippen molar-refractivity contribution < 1.29 is 0 Å². The van der Waals surface area contributed by atoms with E-state index in [2.05, 4.69) is 256 Å². The van der Waals surface area contributed by atoms with Crippen molar-refractivity contribution in [3.8, 4) is 0 Å². The van der Waals surface area contributed by atoms with Gasteiger partial charge in [-0.15, -0.1) is 0 Å². The second kappa shape index (κ2) is 26.8. The quantitative estimate of drug-likeness (QED) is 0.125. The van der Waals surface area contributed by atoms with Crippen molar-refractivity contribution in [3.63, 3.8) is 0 Å². The molecule has 3 aliphatic carbocycles. The van der Waals surface area contributed by atoms with E-state index in [9.17, 15) is 0 Å². The number of allylic oxidation sites excluding steroid dienone is 4. The summed E-state index contributed by atoms with van der Waals surface area (Å²) in [5.74, 6) is 0.750. The molecule has 78 heavy (non-hydrogen) atoms. The van der Waals surface area contributed by atoms with Crippen LogP contribution >= 0.6 is 63.7 Å². The molecule has 0 atom stereocenters. The maximum absolute atomic E-state index is 4.14. The summed E-state index contributed by atoms with van der Waals surface area (Å²) in [5, 5.41) is 5.41. The number of halogens is 4. The van der Waals surface area contributed by atoms with Crippen LogP contribution in [0.1, 0.15) is 189 Å². The van der Waals surface area contributed by atoms with Crippen LogP contribution in [0.25, 0.3) is 54.9 Å². The highest BCUT2D eigenvalue weighted by Gasteiger charge is 2.47. The molecule has 11 heteroatoms. The largest absolute Gasteiger partial charge is 0.373 e. The monoisotopic (exact) mass is 1340 g/mol. The smallest absolute Gasteiger partial charge is 0.169 e. The molecule has 2 N–H and O–H groups in total. The Kier molecular flexibility index (Phi) is 20.9. The maximum Gasteiger partial charge on any atom is 0.169 e. The summed E-state index contributed by atoms with van der Waals surface area (Å²) in [6, 6.07) is 24.4. The van der Waals surface area contributed by atoms with Gasteiger partial charge in [-0.05, 0) is 209 Å². The third-order valence-corrected chi connectivity index (χ3v) is 33.7. The second-order valence-corrected chi connectivity index (χ2v) is 39.7. The fourth-order valence-corrected chi connectivity index (χ4v) is 29.9. The van der Waals surface area contributed by atoms with Gasteiger partial charge in [-0.1, -0.05) is 162 Å². The molecule has 5 aromatic heterocycles. The van der Waals surface area contributed by atoms with Crippen LogP contribution < -0.4 is 0 Å². The molecule has 0 saturated heterocycles. The molecule has 5 heterocycles. The van der Waals surface area contributed by atoms with Gasteiger partial charge in [-0.3, -0.25) is 0 Å². The SMILES string of the molecule is Brc1ccc2[nH]cc(C3=CCCCC3)c2c1.Brc1cnc2[nH]ccc2c1.CC(C)[Si](C(C)C)(C(C)C)n1cc(C2=CCCCC2)c2cc(Br)ccc21.CC(C)[Si](C(C)C)(C(C)C)n1cc(C2CCCCC2)c2cc(Br)ccc21. The van der Waals surface area contributed by atoms with Gasteiger partial charge in [0, 0.05) is 91.9 Å². The number of pyridine rings is 1. The lowest BCUT2D eigenvalue weighted by atomic mass is 9.84. The lowest BCUT2D eigenvalue weighted by molar-refractivity contribution is 0.445. The van der Waals surface area contributed by atoms with E-state index >= 15 is 0 Å². The Morgan fingerprint density at radius 2 is 1.00 bits per heavy atom. The van der Waals surface area contributed by atoms with Crippen LogP contribution in [-0.2, 0) is 0 Å². The first-order valence-corrected chi connectivity index (χ1v) is 37.2. The van der Waals surface area contributed by atoms with Gasteiger partial charge in [0.1, 0.15) is 5.65 Å². The molecule has 3 aliphatic rings. The number of hydrogen-bond acceptors (Lipinski definition) is 1. The second-order valence-electron chi connectivity index (χ2n) is 24.6. The molecule has 8 aromatic rings. The van der Waals surface area contributed by atoms with Gasteiger partial charge >= 0.3 is 0 Å².